The summed E-state index contributed by atoms with van der Waals surface area (Å²) in [5.74, 6) is 1.01. The Hall–Kier alpha value is -2.98. The molecule has 4 unspecified atom stereocenters. The Bertz CT molecular complexity index is 1310. The lowest BCUT2D eigenvalue weighted by atomic mass is 9.65. The SMILES string of the molecule is O=C1/C(=N/Nc2ccc(S(=O)(=O)Nc3ccc(Cl)cc3)cc2[N+](=O)[O-])C2CCCC3CCCC1C32. The first-order valence-electron chi connectivity index (χ1n) is 11.7. The molecule has 2 N–H and O–H groups in total. The van der Waals surface area contributed by atoms with Crippen LogP contribution in [0.25, 0.3) is 0 Å². The smallest absolute Gasteiger partial charge is 0.292 e. The van der Waals surface area contributed by atoms with Gasteiger partial charge in [-0.1, -0.05) is 37.3 Å². The van der Waals surface area contributed by atoms with Gasteiger partial charge < -0.3 is 0 Å². The standard InChI is InChI=1S/C24H25ClN4O5S/c25-15-7-9-16(10-8-15)28-35(33,34)17-11-12-20(21(13-17)29(31)32)26-27-23-18-5-1-3-14-4-2-6-19(22(14)18)24(23)30/h7-14,18-19,22,26,28H,1-6H2/b27-23+. The number of nitro groups is 1. The number of benzene rings is 2. The lowest BCUT2D eigenvalue weighted by molar-refractivity contribution is -0.384. The van der Waals surface area contributed by atoms with Crippen LogP contribution in [0.4, 0.5) is 17.1 Å². The van der Waals surface area contributed by atoms with E-state index in [-0.39, 0.29) is 33.9 Å². The molecule has 2 aromatic rings. The molecule has 0 saturated heterocycles. The first-order chi connectivity index (χ1) is 16.7. The van der Waals surface area contributed by atoms with Crippen LogP contribution in [0.1, 0.15) is 38.5 Å². The maximum atomic E-state index is 13.1. The largest absolute Gasteiger partial charge is 0.295 e. The van der Waals surface area contributed by atoms with Gasteiger partial charge in [-0.25, -0.2) is 8.42 Å². The van der Waals surface area contributed by atoms with Crippen LogP contribution in [0, 0.1) is 33.8 Å². The van der Waals surface area contributed by atoms with E-state index in [1.54, 1.807) is 0 Å². The fourth-order valence-corrected chi connectivity index (χ4v) is 7.17. The van der Waals surface area contributed by atoms with Crippen molar-refractivity contribution in [3.05, 3.63) is 57.6 Å². The van der Waals surface area contributed by atoms with E-state index in [0.717, 1.165) is 44.6 Å². The van der Waals surface area contributed by atoms with Crippen molar-refractivity contribution in [2.45, 2.75) is 43.4 Å². The maximum Gasteiger partial charge on any atom is 0.295 e. The zero-order chi connectivity index (χ0) is 24.7. The van der Waals surface area contributed by atoms with Gasteiger partial charge in [-0.2, -0.15) is 5.10 Å². The summed E-state index contributed by atoms with van der Waals surface area (Å²) in [6.07, 6.45) is 6.19. The van der Waals surface area contributed by atoms with Crippen LogP contribution in [0.3, 0.4) is 0 Å². The van der Waals surface area contributed by atoms with E-state index in [4.69, 9.17) is 11.6 Å². The van der Waals surface area contributed by atoms with E-state index in [2.05, 4.69) is 15.2 Å². The third-order valence-corrected chi connectivity index (χ3v) is 9.09. The molecule has 3 saturated carbocycles. The molecule has 0 aromatic heterocycles. The van der Waals surface area contributed by atoms with E-state index in [0.29, 0.717) is 22.6 Å². The molecular formula is C24H25ClN4O5S. The van der Waals surface area contributed by atoms with Gasteiger partial charge in [-0.15, -0.1) is 0 Å². The highest BCUT2D eigenvalue weighted by Gasteiger charge is 2.53. The molecule has 0 amide bonds. The van der Waals surface area contributed by atoms with Crippen molar-refractivity contribution in [3.8, 4) is 0 Å². The number of hydrazone groups is 1. The molecule has 2 aromatic carbocycles. The Morgan fingerprint density at radius 1 is 1.00 bits per heavy atom. The van der Waals surface area contributed by atoms with Crippen LogP contribution in [0.15, 0.2) is 52.5 Å². The van der Waals surface area contributed by atoms with Crippen LogP contribution in [0.2, 0.25) is 5.02 Å². The van der Waals surface area contributed by atoms with Crippen molar-refractivity contribution >= 4 is 50.2 Å². The number of Topliss-reactive ketones (excluding diaryl/α,β-unsaturated/α-hetero) is 1. The molecule has 35 heavy (non-hydrogen) atoms. The summed E-state index contributed by atoms with van der Waals surface area (Å²) in [5.41, 5.74) is 3.04. The van der Waals surface area contributed by atoms with E-state index < -0.39 is 20.6 Å². The number of nitro benzene ring substituents is 1. The molecule has 9 nitrogen and oxygen atoms in total. The molecule has 3 aliphatic rings. The second-order valence-electron chi connectivity index (χ2n) is 9.43. The van der Waals surface area contributed by atoms with Gasteiger partial charge in [0.25, 0.3) is 15.7 Å². The summed E-state index contributed by atoms with van der Waals surface area (Å²) in [4.78, 5) is 23.9. The first kappa shape index (κ1) is 23.7. The summed E-state index contributed by atoms with van der Waals surface area (Å²) < 4.78 is 28.0. The zero-order valence-electron chi connectivity index (χ0n) is 18.8. The molecule has 0 bridgehead atoms. The van der Waals surface area contributed by atoms with Crippen molar-refractivity contribution in [1.82, 2.24) is 0 Å². The van der Waals surface area contributed by atoms with Crippen molar-refractivity contribution in [2.24, 2.45) is 28.8 Å². The monoisotopic (exact) mass is 516 g/mol. The van der Waals surface area contributed by atoms with Gasteiger partial charge >= 0.3 is 0 Å². The van der Waals surface area contributed by atoms with Gasteiger partial charge in [0.2, 0.25) is 0 Å². The lowest BCUT2D eigenvalue weighted by Gasteiger charge is -2.39. The van der Waals surface area contributed by atoms with Crippen molar-refractivity contribution < 1.29 is 18.1 Å². The number of carbonyl (C=O) groups excluding carboxylic acids is 1. The third kappa shape index (κ3) is 4.52. The van der Waals surface area contributed by atoms with Crippen LogP contribution in [-0.4, -0.2) is 24.8 Å². The average Bonchev–Trinajstić information content (AvgIpc) is 3.11. The van der Waals surface area contributed by atoms with Gasteiger partial charge in [-0.05, 0) is 61.1 Å². The number of carbonyl (C=O) groups is 1. The molecule has 0 radical (unpaired) electrons. The second kappa shape index (κ2) is 9.23. The minimum Gasteiger partial charge on any atom is -0.292 e. The van der Waals surface area contributed by atoms with Crippen molar-refractivity contribution in [2.75, 3.05) is 10.1 Å². The fraction of sp³-hybridized carbons (Fsp3) is 0.417. The van der Waals surface area contributed by atoms with Gasteiger partial charge in [0.05, 0.1) is 9.82 Å². The Balaban J connectivity index is 1.41. The van der Waals surface area contributed by atoms with Crippen LogP contribution >= 0.6 is 11.6 Å². The highest BCUT2D eigenvalue weighted by molar-refractivity contribution is 7.92. The molecule has 0 heterocycles. The van der Waals surface area contributed by atoms with Gasteiger partial charge in [0, 0.05) is 28.6 Å². The minimum absolute atomic E-state index is 0.000969. The molecule has 3 aliphatic carbocycles. The molecule has 4 atom stereocenters. The van der Waals surface area contributed by atoms with Crippen molar-refractivity contribution in [3.63, 3.8) is 0 Å². The number of nitrogens with one attached hydrogen (secondary N) is 2. The normalized spacial score (nSPS) is 26.9. The van der Waals surface area contributed by atoms with E-state index in [1.807, 2.05) is 0 Å². The Morgan fingerprint density at radius 2 is 1.69 bits per heavy atom. The number of hydrogen-bond donors (Lipinski definition) is 2. The molecular weight excluding hydrogens is 492 g/mol. The predicted molar refractivity (Wildman–Crippen MR) is 133 cm³/mol. The summed E-state index contributed by atoms with van der Waals surface area (Å²) in [6, 6.07) is 9.59. The van der Waals surface area contributed by atoms with Gasteiger partial charge in [-0.3, -0.25) is 25.1 Å². The zero-order valence-corrected chi connectivity index (χ0v) is 20.4. The highest BCUT2D eigenvalue weighted by atomic mass is 35.5. The van der Waals surface area contributed by atoms with Crippen LogP contribution < -0.4 is 10.1 Å². The van der Waals surface area contributed by atoms with E-state index >= 15 is 0 Å². The molecule has 0 spiro atoms. The van der Waals surface area contributed by atoms with E-state index in [1.165, 1.54) is 36.4 Å². The number of anilines is 2. The second-order valence-corrected chi connectivity index (χ2v) is 11.6. The maximum absolute atomic E-state index is 13.1. The fourth-order valence-electron chi connectivity index (χ4n) is 5.96. The van der Waals surface area contributed by atoms with Crippen LogP contribution in [-0.2, 0) is 14.8 Å². The van der Waals surface area contributed by atoms with Crippen LogP contribution in [0.5, 0.6) is 0 Å². The first-order valence-corrected chi connectivity index (χ1v) is 13.6. The quantitative estimate of drug-likeness (QED) is 0.399. The minimum atomic E-state index is -4.08. The predicted octanol–water partition coefficient (Wildman–Crippen LogP) is 5.23. The molecule has 11 heteroatoms. The van der Waals surface area contributed by atoms with Gasteiger partial charge in [0.1, 0.15) is 11.4 Å². The number of hydrogen-bond acceptors (Lipinski definition) is 7. The molecule has 3 fully saturated rings. The molecule has 0 aliphatic heterocycles. The average molecular weight is 517 g/mol. The topological polar surface area (TPSA) is 131 Å². The summed E-state index contributed by atoms with van der Waals surface area (Å²) >= 11 is 5.83. The van der Waals surface area contributed by atoms with Crippen molar-refractivity contribution in [1.29, 1.82) is 0 Å². The summed E-state index contributed by atoms with van der Waals surface area (Å²) in [6.45, 7) is 0. The Labute approximate surface area is 208 Å². The molecule has 184 valence electrons. The number of nitrogens with zero attached hydrogens (tertiary/aromatic N) is 2. The Morgan fingerprint density at radius 3 is 2.37 bits per heavy atom. The summed E-state index contributed by atoms with van der Waals surface area (Å²) in [5, 5.41) is 16.6. The third-order valence-electron chi connectivity index (χ3n) is 7.46. The Kier molecular flexibility index (Phi) is 6.27. The highest BCUT2D eigenvalue weighted by Crippen LogP contribution is 2.52. The summed E-state index contributed by atoms with van der Waals surface area (Å²) in [7, 11) is -4.08. The number of sulfonamides is 1. The molecule has 5 rings (SSSR count). The number of halogens is 1. The lowest BCUT2D eigenvalue weighted by Crippen LogP contribution is -2.33. The van der Waals surface area contributed by atoms with E-state index in [9.17, 15) is 23.3 Å². The number of ketones is 1. The number of rotatable bonds is 6. The van der Waals surface area contributed by atoms with Gasteiger partial charge in [0.15, 0.2) is 5.78 Å².